The molecule has 0 aliphatic carbocycles. The van der Waals surface area contributed by atoms with E-state index in [2.05, 4.69) is 43.4 Å². The molecule has 2 aromatic carbocycles. The highest BCUT2D eigenvalue weighted by molar-refractivity contribution is 5.91. The van der Waals surface area contributed by atoms with Crippen molar-refractivity contribution in [2.75, 3.05) is 5.32 Å². The van der Waals surface area contributed by atoms with Gasteiger partial charge in [0, 0.05) is 30.1 Å². The van der Waals surface area contributed by atoms with Crippen LogP contribution >= 0.6 is 0 Å². The van der Waals surface area contributed by atoms with Crippen molar-refractivity contribution in [3.8, 4) is 0 Å². The van der Waals surface area contributed by atoms with Crippen molar-refractivity contribution in [3.05, 3.63) is 75.1 Å². The number of hydrogen-bond acceptors (Lipinski definition) is 2. The van der Waals surface area contributed by atoms with Crippen LogP contribution in [-0.2, 0) is 17.8 Å². The van der Waals surface area contributed by atoms with Crippen molar-refractivity contribution in [1.82, 2.24) is 4.57 Å². The average molecular weight is 391 g/mol. The van der Waals surface area contributed by atoms with Gasteiger partial charge >= 0.3 is 0 Å². The number of pyridine rings is 1. The van der Waals surface area contributed by atoms with Gasteiger partial charge in [-0.25, -0.2) is 0 Å². The van der Waals surface area contributed by atoms with Crippen molar-refractivity contribution in [2.45, 2.75) is 59.9 Å². The lowest BCUT2D eigenvalue weighted by Gasteiger charge is -2.15. The smallest absolute Gasteiger partial charge is 0.251 e. The molecule has 4 heteroatoms. The number of fused-ring (bicyclic) bond motifs is 1. The maximum absolute atomic E-state index is 12.6. The number of benzene rings is 2. The molecule has 0 radical (unpaired) electrons. The highest BCUT2D eigenvalue weighted by atomic mass is 16.1. The summed E-state index contributed by atoms with van der Waals surface area (Å²) in [6.07, 6.45) is 3.66. The second-order valence-corrected chi connectivity index (χ2v) is 7.89. The quantitative estimate of drug-likeness (QED) is 0.595. The fourth-order valence-electron chi connectivity index (χ4n) is 3.86. The van der Waals surface area contributed by atoms with Gasteiger partial charge in [0.15, 0.2) is 0 Å². The van der Waals surface area contributed by atoms with Crippen LogP contribution < -0.4 is 10.9 Å². The molecular formula is C25H30N2O2. The summed E-state index contributed by atoms with van der Waals surface area (Å²) in [5.41, 5.74) is 6.15. The molecule has 3 aromatic rings. The van der Waals surface area contributed by atoms with Crippen molar-refractivity contribution in [3.63, 3.8) is 0 Å². The first-order valence-corrected chi connectivity index (χ1v) is 10.4. The van der Waals surface area contributed by atoms with E-state index in [0.29, 0.717) is 6.54 Å². The van der Waals surface area contributed by atoms with Gasteiger partial charge in [-0.3, -0.25) is 9.59 Å². The number of hydrogen-bond donors (Lipinski definition) is 1. The van der Waals surface area contributed by atoms with Crippen LogP contribution in [0.15, 0.2) is 47.3 Å². The van der Waals surface area contributed by atoms with E-state index < -0.39 is 0 Å². The van der Waals surface area contributed by atoms with Gasteiger partial charge in [-0.15, -0.1) is 0 Å². The Morgan fingerprint density at radius 3 is 2.41 bits per heavy atom. The molecule has 1 N–H and O–H groups in total. The number of rotatable bonds is 7. The van der Waals surface area contributed by atoms with Crippen LogP contribution in [0.25, 0.3) is 10.9 Å². The molecule has 0 aliphatic heterocycles. The highest BCUT2D eigenvalue weighted by Gasteiger charge is 2.11. The topological polar surface area (TPSA) is 51.1 Å². The lowest BCUT2D eigenvalue weighted by Crippen LogP contribution is -2.24. The Morgan fingerprint density at radius 1 is 1.00 bits per heavy atom. The Labute approximate surface area is 172 Å². The zero-order valence-electron chi connectivity index (χ0n) is 17.8. The molecule has 0 fully saturated rings. The van der Waals surface area contributed by atoms with Crippen molar-refractivity contribution < 1.29 is 4.79 Å². The minimum Gasteiger partial charge on any atom is -0.326 e. The van der Waals surface area contributed by atoms with E-state index in [9.17, 15) is 9.59 Å². The van der Waals surface area contributed by atoms with Crippen LogP contribution in [0.2, 0.25) is 0 Å². The summed E-state index contributed by atoms with van der Waals surface area (Å²) >= 11 is 0. The molecule has 29 heavy (non-hydrogen) atoms. The van der Waals surface area contributed by atoms with Gasteiger partial charge in [0.25, 0.3) is 5.56 Å². The van der Waals surface area contributed by atoms with Crippen molar-refractivity contribution >= 4 is 22.5 Å². The van der Waals surface area contributed by atoms with E-state index in [4.69, 9.17) is 0 Å². The molecule has 0 aliphatic rings. The van der Waals surface area contributed by atoms with E-state index in [0.717, 1.165) is 34.1 Å². The number of aromatic nitrogens is 1. The number of aryl methyl sites for hydroxylation is 5. The molecule has 0 spiro atoms. The fraction of sp³-hybridized carbons (Fsp3) is 0.360. The number of nitrogens with one attached hydrogen (secondary N) is 1. The molecule has 0 bridgehead atoms. The zero-order valence-corrected chi connectivity index (χ0v) is 17.8. The Bertz CT molecular complexity index is 1080. The lowest BCUT2D eigenvalue weighted by molar-refractivity contribution is -0.116. The number of amides is 1. The van der Waals surface area contributed by atoms with Crippen LogP contribution in [0.5, 0.6) is 0 Å². The molecule has 0 unspecified atom stereocenters. The largest absolute Gasteiger partial charge is 0.326 e. The molecule has 3 rings (SSSR count). The first kappa shape index (κ1) is 20.8. The minimum absolute atomic E-state index is 0.0602. The monoisotopic (exact) mass is 390 g/mol. The molecular weight excluding hydrogens is 360 g/mol. The van der Waals surface area contributed by atoms with Gasteiger partial charge in [0.1, 0.15) is 0 Å². The molecule has 0 saturated heterocycles. The van der Waals surface area contributed by atoms with Crippen molar-refractivity contribution in [2.24, 2.45) is 0 Å². The SMILES string of the molecule is CCCCc1ccc(NC(=O)CCn2c(=O)cc(C)c3cc(C)cc(C)c32)cc1. The van der Waals surface area contributed by atoms with E-state index in [1.807, 2.05) is 26.0 Å². The van der Waals surface area contributed by atoms with Gasteiger partial charge in [-0.2, -0.15) is 0 Å². The summed E-state index contributed by atoms with van der Waals surface area (Å²) in [7, 11) is 0. The molecule has 1 amide bonds. The van der Waals surface area contributed by atoms with Crippen LogP contribution in [0.3, 0.4) is 0 Å². The van der Waals surface area contributed by atoms with Gasteiger partial charge in [0.2, 0.25) is 5.91 Å². The first-order chi connectivity index (χ1) is 13.9. The predicted molar refractivity (Wildman–Crippen MR) is 121 cm³/mol. The highest BCUT2D eigenvalue weighted by Crippen LogP contribution is 2.22. The number of anilines is 1. The third-order valence-electron chi connectivity index (χ3n) is 5.36. The van der Waals surface area contributed by atoms with Crippen LogP contribution in [0, 0.1) is 20.8 Å². The van der Waals surface area contributed by atoms with Gasteiger partial charge in [-0.05, 0) is 68.5 Å². The van der Waals surface area contributed by atoms with E-state index in [1.54, 1.807) is 10.6 Å². The summed E-state index contributed by atoms with van der Waals surface area (Å²) < 4.78 is 1.73. The number of carbonyl (C=O) groups is 1. The van der Waals surface area contributed by atoms with Crippen molar-refractivity contribution in [1.29, 1.82) is 0 Å². The summed E-state index contributed by atoms with van der Waals surface area (Å²) in [6.45, 7) is 8.58. The first-order valence-electron chi connectivity index (χ1n) is 10.4. The minimum atomic E-state index is -0.0864. The van der Waals surface area contributed by atoms with Gasteiger partial charge < -0.3 is 9.88 Å². The number of nitrogens with zero attached hydrogens (tertiary/aromatic N) is 1. The molecule has 0 atom stereocenters. The Morgan fingerprint density at radius 2 is 1.72 bits per heavy atom. The third kappa shape index (κ3) is 4.94. The summed E-state index contributed by atoms with van der Waals surface area (Å²) in [4.78, 5) is 25.1. The zero-order chi connectivity index (χ0) is 21.0. The van der Waals surface area contributed by atoms with E-state index in [-0.39, 0.29) is 17.9 Å². The predicted octanol–water partition coefficient (Wildman–Crippen LogP) is 5.30. The molecule has 4 nitrogen and oxygen atoms in total. The summed E-state index contributed by atoms with van der Waals surface area (Å²) in [5, 5.41) is 4.02. The van der Waals surface area contributed by atoms with E-state index >= 15 is 0 Å². The normalized spacial score (nSPS) is 11.0. The standard InChI is InChI=1S/C25H30N2O2/c1-5-6-7-20-8-10-21(11-9-20)26-23(28)12-13-27-24(29)16-18(3)22-15-17(2)14-19(4)25(22)27/h8-11,14-16H,5-7,12-13H2,1-4H3,(H,26,28). The van der Waals surface area contributed by atoms with E-state index in [1.165, 1.54) is 24.0 Å². The molecule has 1 aromatic heterocycles. The second kappa shape index (κ2) is 9.08. The Hall–Kier alpha value is -2.88. The van der Waals surface area contributed by atoms with Crippen LogP contribution in [-0.4, -0.2) is 10.5 Å². The summed E-state index contributed by atoms with van der Waals surface area (Å²) in [6, 6.07) is 13.9. The van der Waals surface area contributed by atoms with Crippen LogP contribution in [0.1, 0.15) is 48.4 Å². The lowest BCUT2D eigenvalue weighted by atomic mass is 10.0. The number of carbonyl (C=O) groups excluding carboxylic acids is 1. The maximum atomic E-state index is 12.6. The molecule has 0 saturated carbocycles. The third-order valence-corrected chi connectivity index (χ3v) is 5.36. The number of unbranched alkanes of at least 4 members (excludes halogenated alkanes) is 1. The maximum Gasteiger partial charge on any atom is 0.251 e. The average Bonchev–Trinajstić information content (AvgIpc) is 2.67. The summed E-state index contributed by atoms with van der Waals surface area (Å²) in [5.74, 6) is -0.0864. The van der Waals surface area contributed by atoms with Crippen LogP contribution in [0.4, 0.5) is 5.69 Å². The molecule has 1 heterocycles. The fourth-order valence-corrected chi connectivity index (χ4v) is 3.86. The Balaban J connectivity index is 1.73. The van der Waals surface area contributed by atoms with Gasteiger partial charge in [0.05, 0.1) is 5.52 Å². The molecule has 152 valence electrons. The Kier molecular flexibility index (Phi) is 6.53. The second-order valence-electron chi connectivity index (χ2n) is 7.89. The van der Waals surface area contributed by atoms with Gasteiger partial charge in [-0.1, -0.05) is 37.1 Å².